The maximum Gasteiger partial charge on any atom is 0.167 e. The lowest BCUT2D eigenvalue weighted by Gasteiger charge is -2.46. The zero-order valence-electron chi connectivity index (χ0n) is 20.0. The Morgan fingerprint density at radius 1 is 0.688 bits per heavy atom. The van der Waals surface area contributed by atoms with E-state index in [0.717, 1.165) is 12.8 Å². The lowest BCUT2D eigenvalue weighted by Crippen LogP contribution is -2.61. The molecule has 4 rings (SSSR count). The zero-order valence-corrected chi connectivity index (χ0v) is 22.8. The van der Waals surface area contributed by atoms with Crippen molar-refractivity contribution in [3.05, 3.63) is 71.8 Å². The van der Waals surface area contributed by atoms with E-state index in [9.17, 15) is 13.8 Å². The van der Waals surface area contributed by atoms with Gasteiger partial charge in [-0.25, -0.2) is 0 Å². The van der Waals surface area contributed by atoms with Gasteiger partial charge in [0.25, 0.3) is 0 Å². The van der Waals surface area contributed by atoms with E-state index >= 15 is 0 Å². The predicted octanol–water partition coefficient (Wildman–Crippen LogP) is 5.77. The number of carbonyl (C=O) groups is 2. The molecule has 2 saturated heterocycles. The number of rotatable bonds is 6. The van der Waals surface area contributed by atoms with E-state index in [-0.39, 0.29) is 11.6 Å². The molecule has 0 N–H and O–H groups in total. The molecule has 4 unspecified atom stereocenters. The number of Topliss-reactive ketones (excluding diaryl/α,β-unsaturated/α-hetero) is 2. The molecule has 170 valence electrons. The van der Waals surface area contributed by atoms with Crippen molar-refractivity contribution in [3.8, 4) is 0 Å². The first kappa shape index (κ1) is 23.5. The zero-order chi connectivity index (χ0) is 23.5. The van der Waals surface area contributed by atoms with Gasteiger partial charge in [-0.2, -0.15) is 0 Å². The fraction of sp³-hybridized carbons (Fsp3) is 0.462. The van der Waals surface area contributed by atoms with Crippen molar-refractivity contribution >= 4 is 38.5 Å². The second kappa shape index (κ2) is 7.71. The van der Waals surface area contributed by atoms with E-state index in [1.54, 1.807) is 0 Å². The molecule has 0 radical (unpaired) electrons. The fourth-order valence-corrected chi connectivity index (χ4v) is 18.7. The molecule has 2 aliphatic rings. The summed E-state index contributed by atoms with van der Waals surface area (Å²) in [6, 6.07) is 18.7. The molecule has 0 spiro atoms. The SMILES string of the molecule is C[Si](C)(C)C12CCC([Si](C)(C)C)(C(C(=O)c3ccccc3)C1C(=O)c1ccccc1)S2=O. The summed E-state index contributed by atoms with van der Waals surface area (Å²) in [5, 5.41) is 0. The number of benzene rings is 2. The summed E-state index contributed by atoms with van der Waals surface area (Å²) < 4.78 is 13.5. The average molecular weight is 483 g/mol. The van der Waals surface area contributed by atoms with E-state index in [2.05, 4.69) is 39.3 Å². The summed E-state index contributed by atoms with van der Waals surface area (Å²) in [4.78, 5) is 28.4. The van der Waals surface area contributed by atoms with Gasteiger partial charge in [0, 0.05) is 42.5 Å². The van der Waals surface area contributed by atoms with E-state index in [0.29, 0.717) is 11.1 Å². The molecule has 6 heteroatoms. The Morgan fingerprint density at radius 2 is 1.00 bits per heavy atom. The largest absolute Gasteiger partial charge is 0.294 e. The van der Waals surface area contributed by atoms with E-state index in [1.807, 2.05) is 60.7 Å². The Morgan fingerprint density at radius 3 is 1.28 bits per heavy atom. The number of hydrogen-bond donors (Lipinski definition) is 0. The third-order valence-corrected chi connectivity index (χ3v) is 21.3. The van der Waals surface area contributed by atoms with Crippen LogP contribution in [0.1, 0.15) is 33.6 Å². The standard InChI is InChI=1S/C26H34O3SSi2/c1-31(2,3)25-17-18-26(30(25)29,32(4,5)6)22(24(28)20-15-11-8-12-16-20)21(25)23(27)19-13-9-7-10-14-19/h7-16,21-22H,17-18H2,1-6H3. The molecule has 2 fully saturated rings. The molecular formula is C26H34O3SSi2. The summed E-state index contributed by atoms with van der Waals surface area (Å²) in [7, 11) is -5.46. The van der Waals surface area contributed by atoms with Crippen molar-refractivity contribution in [2.24, 2.45) is 11.8 Å². The van der Waals surface area contributed by atoms with Crippen LogP contribution in [0.25, 0.3) is 0 Å². The molecule has 32 heavy (non-hydrogen) atoms. The molecular weight excluding hydrogens is 449 g/mol. The van der Waals surface area contributed by atoms with Gasteiger partial charge >= 0.3 is 0 Å². The van der Waals surface area contributed by atoms with Gasteiger partial charge in [-0.15, -0.1) is 0 Å². The minimum absolute atomic E-state index is 0.00970. The van der Waals surface area contributed by atoms with Crippen LogP contribution in [0.2, 0.25) is 39.3 Å². The molecule has 0 aliphatic carbocycles. The van der Waals surface area contributed by atoms with Crippen molar-refractivity contribution in [2.75, 3.05) is 0 Å². The van der Waals surface area contributed by atoms with Crippen molar-refractivity contribution in [3.63, 3.8) is 0 Å². The highest BCUT2D eigenvalue weighted by Gasteiger charge is 2.80. The monoisotopic (exact) mass is 482 g/mol. The Labute approximate surface area is 196 Å². The summed E-state index contributed by atoms with van der Waals surface area (Å²) in [5.41, 5.74) is 1.27. The van der Waals surface area contributed by atoms with Crippen LogP contribution in [-0.4, -0.2) is 40.7 Å². The highest BCUT2D eigenvalue weighted by atomic mass is 32.2. The Bertz CT molecular complexity index is 986. The molecule has 4 atom stereocenters. The molecule has 2 aliphatic heterocycles. The smallest absolute Gasteiger partial charge is 0.167 e. The van der Waals surface area contributed by atoms with E-state index < -0.39 is 47.5 Å². The van der Waals surface area contributed by atoms with Gasteiger partial charge in [-0.3, -0.25) is 13.8 Å². The third kappa shape index (κ3) is 3.06. The molecule has 2 aromatic carbocycles. The van der Waals surface area contributed by atoms with Crippen molar-refractivity contribution in [1.82, 2.24) is 0 Å². The van der Waals surface area contributed by atoms with Gasteiger partial charge in [-0.05, 0) is 12.8 Å². The van der Waals surface area contributed by atoms with E-state index in [4.69, 9.17) is 0 Å². The second-order valence-corrected chi connectivity index (χ2v) is 25.0. The fourth-order valence-electron chi connectivity index (χ4n) is 6.49. The number of hydrogen-bond acceptors (Lipinski definition) is 3. The van der Waals surface area contributed by atoms with Crippen LogP contribution in [0.4, 0.5) is 0 Å². The Hall–Kier alpha value is -1.64. The number of carbonyl (C=O) groups excluding carboxylic acids is 2. The summed E-state index contributed by atoms with van der Waals surface area (Å²) in [6.45, 7) is 13.5. The van der Waals surface area contributed by atoms with Crippen LogP contribution in [0.3, 0.4) is 0 Å². The predicted molar refractivity (Wildman–Crippen MR) is 138 cm³/mol. The van der Waals surface area contributed by atoms with Crippen LogP contribution in [-0.2, 0) is 10.8 Å². The Balaban J connectivity index is 2.01. The van der Waals surface area contributed by atoms with Gasteiger partial charge < -0.3 is 0 Å². The van der Waals surface area contributed by atoms with Gasteiger partial charge in [0.15, 0.2) is 11.6 Å². The molecule has 0 aromatic heterocycles. The topological polar surface area (TPSA) is 51.2 Å². The van der Waals surface area contributed by atoms with Crippen LogP contribution in [0, 0.1) is 11.8 Å². The van der Waals surface area contributed by atoms with Gasteiger partial charge in [0.1, 0.15) is 0 Å². The summed E-state index contributed by atoms with van der Waals surface area (Å²) in [5.74, 6) is -1.03. The van der Waals surface area contributed by atoms with Crippen LogP contribution in [0.15, 0.2) is 60.7 Å². The first-order valence-corrected chi connectivity index (χ1v) is 19.6. The molecule has 0 amide bonds. The first-order valence-electron chi connectivity index (χ1n) is 11.5. The number of fused-ring (bicyclic) bond motifs is 2. The first-order chi connectivity index (χ1) is 14.9. The quantitative estimate of drug-likeness (QED) is 0.388. The van der Waals surface area contributed by atoms with Crippen LogP contribution >= 0.6 is 0 Å². The maximum atomic E-state index is 14.7. The minimum atomic E-state index is -2.12. The highest BCUT2D eigenvalue weighted by Crippen LogP contribution is 2.67. The van der Waals surface area contributed by atoms with E-state index in [1.165, 1.54) is 0 Å². The lowest BCUT2D eigenvalue weighted by atomic mass is 9.71. The van der Waals surface area contributed by atoms with Gasteiger partial charge in [-0.1, -0.05) is 99.9 Å². The minimum Gasteiger partial charge on any atom is -0.294 e. The maximum absolute atomic E-state index is 14.7. The molecule has 2 bridgehead atoms. The van der Waals surface area contributed by atoms with Crippen LogP contribution < -0.4 is 0 Å². The van der Waals surface area contributed by atoms with Gasteiger partial charge in [0.2, 0.25) is 0 Å². The van der Waals surface area contributed by atoms with Crippen molar-refractivity contribution < 1.29 is 13.8 Å². The highest BCUT2D eigenvalue weighted by molar-refractivity contribution is 7.93. The molecule has 2 heterocycles. The number of ketones is 2. The Kier molecular flexibility index (Phi) is 5.66. The normalized spacial score (nSPS) is 32.1. The molecule has 2 aromatic rings. The molecule has 3 nitrogen and oxygen atoms in total. The molecule has 0 saturated carbocycles. The third-order valence-electron chi connectivity index (χ3n) is 8.09. The average Bonchev–Trinajstić information content (AvgIpc) is 3.19. The van der Waals surface area contributed by atoms with Crippen LogP contribution in [0.5, 0.6) is 0 Å². The summed E-state index contributed by atoms with van der Waals surface area (Å²) >= 11 is 0. The second-order valence-electron chi connectivity index (χ2n) is 11.5. The van der Waals surface area contributed by atoms with Crippen molar-refractivity contribution in [1.29, 1.82) is 0 Å². The van der Waals surface area contributed by atoms with Crippen molar-refractivity contribution in [2.45, 2.75) is 60.9 Å². The summed E-state index contributed by atoms with van der Waals surface area (Å²) in [6.07, 6.45) is 1.59. The van der Waals surface area contributed by atoms with Gasteiger partial charge in [0.05, 0.1) is 16.1 Å². The lowest BCUT2D eigenvalue weighted by molar-refractivity contribution is 0.0711.